The summed E-state index contributed by atoms with van der Waals surface area (Å²) in [6.45, 7) is 4.07. The summed E-state index contributed by atoms with van der Waals surface area (Å²) in [5.41, 5.74) is 8.81. The molecule has 120 valence electrons. The third kappa shape index (κ3) is 2.91. The zero-order valence-electron chi connectivity index (χ0n) is 12.9. The summed E-state index contributed by atoms with van der Waals surface area (Å²) in [5, 5.41) is 0.0956. The molecule has 0 saturated carbocycles. The second kappa shape index (κ2) is 5.53. The van der Waals surface area contributed by atoms with Crippen LogP contribution in [0, 0.1) is 11.2 Å². The maximum atomic E-state index is 13.3. The van der Waals surface area contributed by atoms with Gasteiger partial charge in [0.15, 0.2) is 0 Å². The predicted octanol–water partition coefficient (Wildman–Crippen LogP) is 4.86. The normalized spacial score (nSPS) is 18.5. The molecule has 0 saturated heterocycles. The van der Waals surface area contributed by atoms with Gasteiger partial charge in [-0.2, -0.15) is 0 Å². The van der Waals surface area contributed by atoms with E-state index in [1.54, 1.807) is 12.1 Å². The van der Waals surface area contributed by atoms with Gasteiger partial charge in [-0.25, -0.2) is 9.18 Å². The fraction of sp³-hybridized carbons (Fsp3) is 0.278. The zero-order chi connectivity index (χ0) is 16.8. The maximum absolute atomic E-state index is 13.3. The number of benzene rings is 2. The highest BCUT2D eigenvalue weighted by Gasteiger charge is 2.41. The summed E-state index contributed by atoms with van der Waals surface area (Å²) in [5.74, 6) is -0.437. The van der Waals surface area contributed by atoms with Crippen LogP contribution in [0.25, 0.3) is 11.1 Å². The highest BCUT2D eigenvalue weighted by atomic mass is 35.5. The first-order valence-corrected chi connectivity index (χ1v) is 7.70. The summed E-state index contributed by atoms with van der Waals surface area (Å²) >= 11 is 5.86. The van der Waals surface area contributed by atoms with E-state index in [1.165, 1.54) is 6.07 Å². The largest absolute Gasteiger partial charge is 0.441 e. The van der Waals surface area contributed by atoms with Gasteiger partial charge in [-0.3, -0.25) is 0 Å². The minimum Gasteiger partial charge on any atom is -0.441 e. The van der Waals surface area contributed by atoms with Gasteiger partial charge in [0.25, 0.3) is 0 Å². The number of hydrogen-bond acceptors (Lipinski definition) is 2. The van der Waals surface area contributed by atoms with Crippen molar-refractivity contribution in [1.82, 2.24) is 0 Å². The first-order chi connectivity index (χ1) is 10.8. The Hall–Kier alpha value is -2.07. The van der Waals surface area contributed by atoms with E-state index in [4.69, 9.17) is 22.1 Å². The number of fused-ring (bicyclic) bond motifs is 1. The highest BCUT2D eigenvalue weighted by Crippen LogP contribution is 2.48. The predicted molar refractivity (Wildman–Crippen MR) is 87.7 cm³/mol. The summed E-state index contributed by atoms with van der Waals surface area (Å²) in [4.78, 5) is 11.2. The van der Waals surface area contributed by atoms with Crippen molar-refractivity contribution in [2.75, 3.05) is 0 Å². The molecule has 1 atom stereocenters. The Labute approximate surface area is 139 Å². The molecule has 2 aromatic rings. The number of amides is 1. The average molecular weight is 334 g/mol. The molecular weight excluding hydrogens is 317 g/mol. The molecule has 1 unspecified atom stereocenters. The van der Waals surface area contributed by atoms with Crippen LogP contribution in [0.2, 0.25) is 5.02 Å². The molecular formula is C18H17ClFNO2. The Kier molecular flexibility index (Phi) is 3.80. The van der Waals surface area contributed by atoms with Gasteiger partial charge in [0, 0.05) is 5.41 Å². The summed E-state index contributed by atoms with van der Waals surface area (Å²) in [7, 11) is 0. The van der Waals surface area contributed by atoms with E-state index in [-0.39, 0.29) is 16.5 Å². The lowest BCUT2D eigenvalue weighted by molar-refractivity contribution is 0.0392. The topological polar surface area (TPSA) is 52.3 Å². The van der Waals surface area contributed by atoms with Crippen LogP contribution in [0.15, 0.2) is 36.4 Å². The Balaban J connectivity index is 2.01. The van der Waals surface area contributed by atoms with Crippen LogP contribution in [0.3, 0.4) is 0 Å². The number of rotatable bonds is 2. The Morgan fingerprint density at radius 2 is 1.91 bits per heavy atom. The molecule has 0 aromatic heterocycles. The fourth-order valence-electron chi connectivity index (χ4n) is 3.21. The Morgan fingerprint density at radius 1 is 1.26 bits per heavy atom. The zero-order valence-corrected chi connectivity index (χ0v) is 13.7. The van der Waals surface area contributed by atoms with Crippen LogP contribution >= 0.6 is 11.6 Å². The van der Waals surface area contributed by atoms with Gasteiger partial charge in [0.1, 0.15) is 11.9 Å². The van der Waals surface area contributed by atoms with E-state index in [9.17, 15) is 9.18 Å². The van der Waals surface area contributed by atoms with E-state index in [2.05, 4.69) is 0 Å². The van der Waals surface area contributed by atoms with E-state index < -0.39 is 11.9 Å². The van der Waals surface area contributed by atoms with E-state index in [0.717, 1.165) is 28.7 Å². The molecule has 3 nitrogen and oxygen atoms in total. The van der Waals surface area contributed by atoms with E-state index in [0.29, 0.717) is 0 Å². The van der Waals surface area contributed by atoms with Crippen LogP contribution in [-0.2, 0) is 11.2 Å². The van der Waals surface area contributed by atoms with Crippen molar-refractivity contribution in [3.63, 3.8) is 0 Å². The number of hydrogen-bond donors (Lipinski definition) is 1. The van der Waals surface area contributed by atoms with Gasteiger partial charge in [0.05, 0.1) is 5.02 Å². The molecule has 1 aliphatic rings. The molecule has 5 heteroatoms. The number of nitrogens with two attached hydrogens (primary N) is 1. The van der Waals surface area contributed by atoms with Gasteiger partial charge >= 0.3 is 6.09 Å². The molecule has 3 rings (SSSR count). The van der Waals surface area contributed by atoms with Crippen molar-refractivity contribution in [2.45, 2.75) is 26.4 Å². The van der Waals surface area contributed by atoms with Crippen molar-refractivity contribution in [3.05, 3.63) is 58.4 Å². The van der Waals surface area contributed by atoms with Crippen molar-refractivity contribution < 1.29 is 13.9 Å². The van der Waals surface area contributed by atoms with E-state index >= 15 is 0 Å². The molecule has 1 amide bonds. The van der Waals surface area contributed by atoms with Crippen molar-refractivity contribution in [3.8, 4) is 11.1 Å². The van der Waals surface area contributed by atoms with Crippen LogP contribution in [-0.4, -0.2) is 6.09 Å². The van der Waals surface area contributed by atoms with Crippen LogP contribution in [0.1, 0.15) is 31.1 Å². The van der Waals surface area contributed by atoms with Crippen LogP contribution in [0.4, 0.5) is 9.18 Å². The standard InChI is InChI=1S/C18H17ClFNO2/c1-18(2)9-12-7-10(11-4-6-15(20)14(19)8-11)3-5-13(12)16(18)23-17(21)22/h3-8,16H,9H2,1-2H3,(H2,21,22). The van der Waals surface area contributed by atoms with Gasteiger partial charge in [0.2, 0.25) is 0 Å². The number of carbonyl (C=O) groups is 1. The lowest BCUT2D eigenvalue weighted by Gasteiger charge is -2.26. The summed E-state index contributed by atoms with van der Waals surface area (Å²) < 4.78 is 18.6. The molecule has 2 N–H and O–H groups in total. The third-order valence-corrected chi connectivity index (χ3v) is 4.56. The summed E-state index contributed by atoms with van der Waals surface area (Å²) in [6.07, 6.45) is -0.366. The lowest BCUT2D eigenvalue weighted by atomic mass is 9.87. The SMILES string of the molecule is CC1(C)Cc2cc(-c3ccc(F)c(Cl)c3)ccc2C1OC(N)=O. The molecule has 0 spiro atoms. The Morgan fingerprint density at radius 3 is 2.57 bits per heavy atom. The highest BCUT2D eigenvalue weighted by molar-refractivity contribution is 6.31. The molecule has 0 radical (unpaired) electrons. The number of primary amides is 1. The molecule has 0 fully saturated rings. The first-order valence-electron chi connectivity index (χ1n) is 7.32. The van der Waals surface area contributed by atoms with Gasteiger partial charge in [-0.05, 0) is 40.8 Å². The molecule has 1 aliphatic carbocycles. The van der Waals surface area contributed by atoms with Gasteiger partial charge < -0.3 is 10.5 Å². The minimum atomic E-state index is -0.773. The maximum Gasteiger partial charge on any atom is 0.405 e. The number of carbonyl (C=O) groups excluding carboxylic acids is 1. The molecule has 23 heavy (non-hydrogen) atoms. The quantitative estimate of drug-likeness (QED) is 0.852. The number of halogens is 2. The Bertz CT molecular complexity index is 789. The van der Waals surface area contributed by atoms with Crippen LogP contribution < -0.4 is 5.73 Å². The molecule has 0 bridgehead atoms. The smallest absolute Gasteiger partial charge is 0.405 e. The molecule has 0 aliphatic heterocycles. The summed E-state index contributed by atoms with van der Waals surface area (Å²) in [6, 6.07) is 10.5. The fourth-order valence-corrected chi connectivity index (χ4v) is 3.39. The minimum absolute atomic E-state index is 0.0956. The lowest BCUT2D eigenvalue weighted by Crippen LogP contribution is -2.25. The van der Waals surface area contributed by atoms with Gasteiger partial charge in [-0.15, -0.1) is 0 Å². The second-order valence-electron chi connectivity index (χ2n) is 6.52. The van der Waals surface area contributed by atoms with Gasteiger partial charge in [-0.1, -0.05) is 49.7 Å². The molecule has 2 aromatic carbocycles. The third-order valence-electron chi connectivity index (χ3n) is 4.27. The average Bonchev–Trinajstić information content (AvgIpc) is 2.71. The first kappa shape index (κ1) is 15.8. The van der Waals surface area contributed by atoms with Crippen molar-refractivity contribution >= 4 is 17.7 Å². The molecule has 0 heterocycles. The van der Waals surface area contributed by atoms with E-state index in [1.807, 2.05) is 32.0 Å². The van der Waals surface area contributed by atoms with Crippen LogP contribution in [0.5, 0.6) is 0 Å². The van der Waals surface area contributed by atoms with Crippen molar-refractivity contribution in [2.24, 2.45) is 11.1 Å². The monoisotopic (exact) mass is 333 g/mol. The number of ether oxygens (including phenoxy) is 1. The van der Waals surface area contributed by atoms with Crippen molar-refractivity contribution in [1.29, 1.82) is 0 Å². The second-order valence-corrected chi connectivity index (χ2v) is 6.93.